The minimum atomic E-state index is -2.43. The van der Waals surface area contributed by atoms with Crippen molar-refractivity contribution in [1.29, 1.82) is 0 Å². The van der Waals surface area contributed by atoms with Crippen molar-refractivity contribution < 1.29 is 82.8 Å². The fourth-order valence-electron chi connectivity index (χ4n) is 7.78. The van der Waals surface area contributed by atoms with Gasteiger partial charge in [-0.1, -0.05) is 12.1 Å². The summed E-state index contributed by atoms with van der Waals surface area (Å²) in [4.78, 5) is 77.1. The van der Waals surface area contributed by atoms with Crippen LogP contribution in [0.2, 0.25) is 0 Å². The Morgan fingerprint density at radius 1 is 1.05 bits per heavy atom. The lowest BCUT2D eigenvalue weighted by atomic mass is 9.72. The molecule has 1 saturated heterocycles. The summed E-state index contributed by atoms with van der Waals surface area (Å²) in [6.07, 6.45) is -8.36. The Bertz CT molecular complexity index is 2320. The molecule has 2 amide bonds. The molecule has 332 valence electrons. The smallest absolute Gasteiger partial charge is 0.407 e. The number of nitro benzene ring substituents is 1. The number of Topliss-reactive ketones (excluding diaryl/α,β-unsaturated/α-hetero) is 1. The van der Waals surface area contributed by atoms with E-state index in [1.807, 2.05) is 0 Å². The van der Waals surface area contributed by atoms with Crippen molar-refractivity contribution in [1.82, 2.24) is 10.6 Å². The number of amides is 2. The van der Waals surface area contributed by atoms with Gasteiger partial charge in [-0.3, -0.25) is 29.3 Å². The Hall–Kier alpha value is -6.43. The molecule has 0 unspecified atom stereocenters. The number of nitrogens with zero attached hydrogens (tertiary/aromatic N) is 1. The molecule has 3 aromatic carbocycles. The number of hydrogen-bond acceptors (Lipinski definition) is 19. The van der Waals surface area contributed by atoms with Gasteiger partial charge in [0.2, 0.25) is 5.78 Å². The van der Waals surface area contributed by atoms with Gasteiger partial charge in [-0.25, -0.2) is 4.79 Å². The molecule has 9 N–H and O–H groups in total. The lowest BCUT2D eigenvalue weighted by Gasteiger charge is -2.42. The van der Waals surface area contributed by atoms with E-state index < -0.39 is 131 Å². The Morgan fingerprint density at radius 2 is 1.76 bits per heavy atom. The van der Waals surface area contributed by atoms with E-state index in [-0.39, 0.29) is 64.6 Å². The van der Waals surface area contributed by atoms with Crippen molar-refractivity contribution in [3.05, 3.63) is 79.4 Å². The molecule has 0 radical (unpaired) electrons. The Kier molecular flexibility index (Phi) is 13.3. The van der Waals surface area contributed by atoms with Crippen LogP contribution in [0.25, 0.3) is 0 Å². The van der Waals surface area contributed by atoms with E-state index in [9.17, 15) is 59.6 Å². The van der Waals surface area contributed by atoms with Gasteiger partial charge in [-0.15, -0.1) is 0 Å². The quantitative estimate of drug-likeness (QED) is 0.0453. The first-order valence-electron chi connectivity index (χ1n) is 19.1. The molecule has 62 heavy (non-hydrogen) atoms. The first-order chi connectivity index (χ1) is 29.5. The van der Waals surface area contributed by atoms with Crippen LogP contribution in [0.15, 0.2) is 30.3 Å². The number of carbonyl (C=O) groups is 5. The zero-order valence-corrected chi connectivity index (χ0v) is 33.5. The number of benzene rings is 3. The zero-order chi connectivity index (χ0) is 45.2. The van der Waals surface area contributed by atoms with Gasteiger partial charge in [0.15, 0.2) is 24.5 Å². The van der Waals surface area contributed by atoms with Crippen molar-refractivity contribution in [2.24, 2.45) is 5.73 Å². The summed E-state index contributed by atoms with van der Waals surface area (Å²) in [6, 6.07) is 5.26. The van der Waals surface area contributed by atoms with Gasteiger partial charge in [0.25, 0.3) is 11.6 Å². The fourth-order valence-corrected chi connectivity index (χ4v) is 7.78. The first-order valence-corrected chi connectivity index (χ1v) is 19.1. The highest BCUT2D eigenvalue weighted by Crippen LogP contribution is 2.52. The number of phenols is 2. The molecule has 0 spiro atoms. The number of carbonyl (C=O) groups excluding carboxylic acids is 5. The molecule has 0 aromatic heterocycles. The minimum absolute atomic E-state index is 0.0147. The van der Waals surface area contributed by atoms with Crippen LogP contribution in [-0.2, 0) is 36.8 Å². The number of methoxy groups -OCH3 is 2. The third-order valence-electron chi connectivity index (χ3n) is 10.8. The monoisotopic (exact) mass is 868 g/mol. The highest BCUT2D eigenvalue weighted by atomic mass is 16.7. The number of ether oxygens (including phenoxy) is 6. The summed E-state index contributed by atoms with van der Waals surface area (Å²) in [7, 11) is 2.48. The van der Waals surface area contributed by atoms with Crippen LogP contribution < -0.4 is 30.6 Å². The maximum Gasteiger partial charge on any atom is 0.407 e. The Balaban J connectivity index is 1.24. The molecular weight excluding hydrogens is 824 g/mol. The molecular formula is C40H44N4O18. The van der Waals surface area contributed by atoms with Gasteiger partial charge < -0.3 is 70.3 Å². The number of aliphatic hydroxyl groups is 3. The number of fused-ring (bicyclic) bond motifs is 3. The van der Waals surface area contributed by atoms with E-state index in [2.05, 4.69) is 10.6 Å². The molecule has 0 bridgehead atoms. The second-order valence-electron chi connectivity index (χ2n) is 14.6. The van der Waals surface area contributed by atoms with Gasteiger partial charge in [0.05, 0.1) is 60.1 Å². The highest BCUT2D eigenvalue weighted by molar-refractivity contribution is 6.31. The van der Waals surface area contributed by atoms with E-state index in [1.165, 1.54) is 45.4 Å². The second kappa shape index (κ2) is 18.3. The Labute approximate surface area is 351 Å². The molecule has 3 aliphatic rings. The number of nitro groups is 1. The van der Waals surface area contributed by atoms with Crippen LogP contribution in [0, 0.1) is 10.1 Å². The van der Waals surface area contributed by atoms with Gasteiger partial charge in [0.1, 0.15) is 59.2 Å². The van der Waals surface area contributed by atoms with E-state index >= 15 is 0 Å². The van der Waals surface area contributed by atoms with Crippen molar-refractivity contribution in [2.45, 2.75) is 69.0 Å². The summed E-state index contributed by atoms with van der Waals surface area (Å²) >= 11 is 0. The summed E-state index contributed by atoms with van der Waals surface area (Å²) in [5, 5.41) is 72.7. The van der Waals surface area contributed by atoms with Gasteiger partial charge in [0, 0.05) is 55.1 Å². The number of rotatable bonds is 15. The van der Waals surface area contributed by atoms with Crippen molar-refractivity contribution in [2.75, 3.05) is 40.5 Å². The fraction of sp³-hybridized carbons (Fsp3) is 0.425. The molecule has 22 nitrogen and oxygen atoms in total. The second-order valence-corrected chi connectivity index (χ2v) is 14.6. The van der Waals surface area contributed by atoms with Crippen LogP contribution in [0.5, 0.6) is 28.7 Å². The number of nitrogens with two attached hydrogens (primary N) is 1. The number of aliphatic hydroxyl groups excluding tert-OH is 2. The number of alkyl carbamates (subject to hydrolysis) is 1. The van der Waals surface area contributed by atoms with E-state index in [4.69, 9.17) is 34.2 Å². The maximum absolute atomic E-state index is 14.0. The third-order valence-corrected chi connectivity index (χ3v) is 10.8. The standard InChI is InChI=1S/C40H44N4O18/c1-17-34(48)22(43-39(53)60-15-21-23(44(55)56)9-18(10-25(21)58-3)59-16-28(47)42-8-7-41)11-29(61-17)62-26-13-40(54,27(46)14-45)12-20-31(26)38(52)33-32(36(20)50)35(49)19-5-4-6-24(57-2)30(19)37(33)51/h4-6,9-10,17,22,26,29,34,45,48,50,52,54H,7-8,11-16,41H2,1-3H3,(H,42,47)(H,43,53)/t17-,22-,26-,29-,34+,40-/m0/s1. The average molecular weight is 869 g/mol. The van der Waals surface area contributed by atoms with Crippen LogP contribution in [0.1, 0.15) is 74.4 Å². The van der Waals surface area contributed by atoms with E-state index in [1.54, 1.807) is 0 Å². The van der Waals surface area contributed by atoms with Crippen LogP contribution in [-0.4, -0.2) is 130 Å². The van der Waals surface area contributed by atoms with Crippen molar-refractivity contribution >= 4 is 35.0 Å². The molecule has 22 heteroatoms. The molecule has 2 aliphatic carbocycles. The molecule has 1 fully saturated rings. The summed E-state index contributed by atoms with van der Waals surface area (Å²) in [5.41, 5.74) is 0.0987. The summed E-state index contributed by atoms with van der Waals surface area (Å²) < 4.78 is 33.3. The summed E-state index contributed by atoms with van der Waals surface area (Å²) in [5.74, 6) is -5.17. The molecule has 6 rings (SSSR count). The topological polar surface area (TPSA) is 335 Å². The highest BCUT2D eigenvalue weighted by Gasteiger charge is 2.50. The molecule has 0 saturated carbocycles. The Morgan fingerprint density at radius 3 is 2.42 bits per heavy atom. The predicted molar refractivity (Wildman–Crippen MR) is 208 cm³/mol. The lowest BCUT2D eigenvalue weighted by Crippen LogP contribution is -2.56. The van der Waals surface area contributed by atoms with Crippen molar-refractivity contribution in [3.8, 4) is 28.7 Å². The number of phenolic OH excluding ortho intramolecular Hbond substituents is 2. The van der Waals surface area contributed by atoms with E-state index in [0.29, 0.717) is 0 Å². The number of aromatic hydroxyl groups is 2. The lowest BCUT2D eigenvalue weighted by molar-refractivity contribution is -0.386. The predicted octanol–water partition coefficient (Wildman–Crippen LogP) is 0.340. The largest absolute Gasteiger partial charge is 0.507 e. The van der Waals surface area contributed by atoms with Gasteiger partial charge >= 0.3 is 6.09 Å². The van der Waals surface area contributed by atoms with Gasteiger partial charge in [-0.05, 0) is 13.0 Å². The normalized spacial score (nSPS) is 22.7. The maximum atomic E-state index is 14.0. The van der Waals surface area contributed by atoms with Crippen LogP contribution >= 0.6 is 0 Å². The summed E-state index contributed by atoms with van der Waals surface area (Å²) in [6.45, 7) is -0.537. The average Bonchev–Trinajstić information content (AvgIpc) is 3.25. The zero-order valence-electron chi connectivity index (χ0n) is 33.5. The molecule has 1 aliphatic heterocycles. The first kappa shape index (κ1) is 45.1. The number of nitrogens with one attached hydrogen (secondary N) is 2. The minimum Gasteiger partial charge on any atom is -0.507 e. The van der Waals surface area contributed by atoms with Crippen LogP contribution in [0.3, 0.4) is 0 Å². The van der Waals surface area contributed by atoms with Crippen molar-refractivity contribution in [3.63, 3.8) is 0 Å². The molecule has 3 aromatic rings. The van der Waals surface area contributed by atoms with E-state index in [0.717, 1.165) is 6.07 Å². The van der Waals surface area contributed by atoms with Crippen LogP contribution in [0.4, 0.5) is 10.5 Å². The third kappa shape index (κ3) is 8.55. The SMILES string of the molecule is COc1cc(OCC(=O)NCCN)cc([N+](=O)[O-])c1COC(=O)N[C@H]1C[C@H](O[C@H]2C[C@](O)(C(=O)CO)Cc3c(O)c4c(c(O)c32)C(=O)c2c(OC)cccc2C4=O)O[C@@H](C)[C@H]1O. The molecule has 6 atom stereocenters. The number of ketones is 3. The number of hydrogen-bond donors (Lipinski definition) is 8. The van der Waals surface area contributed by atoms with Gasteiger partial charge in [-0.2, -0.15) is 0 Å². The molecule has 1 heterocycles.